The number of hydrogen-bond donors (Lipinski definition) is 2. The fraction of sp³-hybridized carbons (Fsp3) is 0.200. The van der Waals surface area contributed by atoms with Gasteiger partial charge < -0.3 is 4.90 Å². The molecule has 29 heavy (non-hydrogen) atoms. The minimum Gasteiger partial charge on any atom is -0.312 e. The van der Waals surface area contributed by atoms with Crippen LogP contribution in [0.1, 0.15) is 22.6 Å². The monoisotopic (exact) mass is 411 g/mol. The predicted molar refractivity (Wildman–Crippen MR) is 107 cm³/mol. The maximum Gasteiger partial charge on any atom is 0.288 e. The van der Waals surface area contributed by atoms with Crippen LogP contribution in [0.25, 0.3) is 5.65 Å². The van der Waals surface area contributed by atoms with Gasteiger partial charge >= 0.3 is 0 Å². The lowest BCUT2D eigenvalue weighted by molar-refractivity contribution is -0.126. The first-order valence-electron chi connectivity index (χ1n) is 9.04. The van der Waals surface area contributed by atoms with E-state index in [1.807, 2.05) is 6.07 Å². The highest BCUT2D eigenvalue weighted by atomic mass is 35.5. The Morgan fingerprint density at radius 3 is 2.79 bits per heavy atom. The summed E-state index contributed by atoms with van der Waals surface area (Å²) in [6, 6.07) is 12.3. The average molecular weight is 412 g/mol. The van der Waals surface area contributed by atoms with E-state index in [1.54, 1.807) is 53.9 Å². The summed E-state index contributed by atoms with van der Waals surface area (Å²) in [4.78, 5) is 43.2. The molecule has 0 bridgehead atoms. The number of aromatic nitrogens is 2. The first-order chi connectivity index (χ1) is 13.9. The van der Waals surface area contributed by atoms with Crippen LogP contribution in [0.15, 0.2) is 48.7 Å². The number of imidazole rings is 1. The molecule has 8 nitrogen and oxygen atoms in total. The van der Waals surface area contributed by atoms with Crippen LogP contribution in [0.5, 0.6) is 0 Å². The van der Waals surface area contributed by atoms with E-state index in [-0.39, 0.29) is 18.9 Å². The number of nitrogens with one attached hydrogen (secondary N) is 2. The summed E-state index contributed by atoms with van der Waals surface area (Å²) in [6.07, 6.45) is 1.79. The number of hydrazine groups is 1. The van der Waals surface area contributed by atoms with Crippen molar-refractivity contribution in [3.63, 3.8) is 0 Å². The van der Waals surface area contributed by atoms with Crippen LogP contribution in [0, 0.1) is 12.8 Å². The van der Waals surface area contributed by atoms with E-state index in [9.17, 15) is 14.4 Å². The topological polar surface area (TPSA) is 95.8 Å². The lowest BCUT2D eigenvalue weighted by Crippen LogP contribution is -2.45. The number of carbonyl (C=O) groups is 3. The van der Waals surface area contributed by atoms with Gasteiger partial charge in [0.1, 0.15) is 11.3 Å². The van der Waals surface area contributed by atoms with Crippen molar-refractivity contribution in [3.05, 3.63) is 65.1 Å². The van der Waals surface area contributed by atoms with Crippen molar-refractivity contribution >= 4 is 40.7 Å². The summed E-state index contributed by atoms with van der Waals surface area (Å²) in [5.41, 5.74) is 7.01. The molecule has 148 valence electrons. The highest BCUT2D eigenvalue weighted by Crippen LogP contribution is 2.27. The van der Waals surface area contributed by atoms with Crippen LogP contribution in [-0.2, 0) is 9.59 Å². The number of carbonyl (C=O) groups excluding carboxylic acids is 3. The van der Waals surface area contributed by atoms with Crippen LogP contribution >= 0.6 is 11.6 Å². The first kappa shape index (κ1) is 18.9. The molecule has 2 aromatic heterocycles. The molecule has 0 aliphatic carbocycles. The van der Waals surface area contributed by atoms with Gasteiger partial charge in [0, 0.05) is 29.9 Å². The van der Waals surface area contributed by atoms with E-state index in [1.165, 1.54) is 4.90 Å². The van der Waals surface area contributed by atoms with E-state index < -0.39 is 17.7 Å². The van der Waals surface area contributed by atoms with Crippen LogP contribution in [0.2, 0.25) is 5.02 Å². The van der Waals surface area contributed by atoms with Gasteiger partial charge in [-0.05, 0) is 37.3 Å². The molecule has 3 heterocycles. The van der Waals surface area contributed by atoms with Crippen LogP contribution in [-0.4, -0.2) is 33.7 Å². The Balaban J connectivity index is 1.41. The summed E-state index contributed by atoms with van der Waals surface area (Å²) >= 11 is 5.99. The van der Waals surface area contributed by atoms with Crippen molar-refractivity contribution in [2.45, 2.75) is 13.3 Å². The van der Waals surface area contributed by atoms with Gasteiger partial charge in [-0.2, -0.15) is 0 Å². The largest absolute Gasteiger partial charge is 0.312 e. The number of fused-ring (bicyclic) bond motifs is 1. The Bertz CT molecular complexity index is 1130. The number of halogens is 1. The number of nitrogens with zero attached hydrogens (tertiary/aromatic N) is 3. The Kier molecular flexibility index (Phi) is 4.94. The number of rotatable bonds is 3. The molecule has 1 unspecified atom stereocenters. The van der Waals surface area contributed by atoms with Gasteiger partial charge in [-0.15, -0.1) is 0 Å². The van der Waals surface area contributed by atoms with Crippen LogP contribution in [0.3, 0.4) is 0 Å². The third-order valence-corrected chi connectivity index (χ3v) is 5.07. The zero-order valence-corrected chi connectivity index (χ0v) is 16.3. The van der Waals surface area contributed by atoms with Crippen LogP contribution < -0.4 is 15.8 Å². The van der Waals surface area contributed by atoms with Gasteiger partial charge in [0.05, 0.1) is 11.6 Å². The van der Waals surface area contributed by atoms with Crippen molar-refractivity contribution < 1.29 is 14.4 Å². The number of anilines is 1. The Labute approximate surface area is 171 Å². The number of benzene rings is 1. The molecule has 9 heteroatoms. The Morgan fingerprint density at radius 1 is 1.17 bits per heavy atom. The molecule has 0 saturated carbocycles. The zero-order chi connectivity index (χ0) is 20.5. The van der Waals surface area contributed by atoms with Gasteiger partial charge in [0.2, 0.25) is 11.8 Å². The minimum absolute atomic E-state index is 0.0584. The zero-order valence-electron chi connectivity index (χ0n) is 15.6. The van der Waals surface area contributed by atoms with E-state index in [0.717, 1.165) is 0 Å². The second kappa shape index (κ2) is 7.56. The van der Waals surface area contributed by atoms with Crippen molar-refractivity contribution in [2.75, 3.05) is 11.4 Å². The summed E-state index contributed by atoms with van der Waals surface area (Å²) in [5, 5.41) is 0.513. The van der Waals surface area contributed by atoms with E-state index >= 15 is 0 Å². The van der Waals surface area contributed by atoms with Gasteiger partial charge in [-0.25, -0.2) is 4.98 Å². The van der Waals surface area contributed by atoms with Gasteiger partial charge in [0.15, 0.2) is 0 Å². The summed E-state index contributed by atoms with van der Waals surface area (Å²) in [6.45, 7) is 1.94. The van der Waals surface area contributed by atoms with Gasteiger partial charge in [0.25, 0.3) is 5.91 Å². The smallest absolute Gasteiger partial charge is 0.288 e. The fourth-order valence-electron chi connectivity index (χ4n) is 3.44. The summed E-state index contributed by atoms with van der Waals surface area (Å²) in [7, 11) is 0. The molecule has 1 saturated heterocycles. The Hall–Kier alpha value is -3.39. The predicted octanol–water partition coefficient (Wildman–Crippen LogP) is 2.11. The summed E-state index contributed by atoms with van der Waals surface area (Å²) in [5.74, 6) is -1.66. The van der Waals surface area contributed by atoms with Crippen molar-refractivity contribution in [3.8, 4) is 0 Å². The molecule has 2 N–H and O–H groups in total. The molecule has 0 radical (unpaired) electrons. The molecular weight excluding hydrogens is 394 g/mol. The molecule has 1 aliphatic heterocycles. The average Bonchev–Trinajstić information content (AvgIpc) is 3.25. The molecule has 1 aliphatic rings. The molecular formula is C20H18ClN5O3. The standard InChI is InChI=1S/C20H18ClN5O3/c1-12-18(25-8-3-2-7-16(25)22-12)20(29)24-23-19(28)13-9-17(27)26(11-13)15-6-4-5-14(21)10-15/h2-8,10,13H,9,11H2,1H3,(H,23,28)(H,24,29). The molecule has 4 rings (SSSR count). The highest BCUT2D eigenvalue weighted by molar-refractivity contribution is 6.31. The molecule has 1 fully saturated rings. The maximum absolute atomic E-state index is 12.6. The minimum atomic E-state index is -0.579. The quantitative estimate of drug-likeness (QED) is 0.645. The summed E-state index contributed by atoms with van der Waals surface area (Å²) < 4.78 is 1.65. The van der Waals surface area contributed by atoms with Gasteiger partial charge in [-0.3, -0.25) is 29.6 Å². The SMILES string of the molecule is Cc1nc2ccccn2c1C(=O)NNC(=O)C1CC(=O)N(c2cccc(Cl)c2)C1. The lowest BCUT2D eigenvalue weighted by atomic mass is 10.1. The van der Waals surface area contributed by atoms with E-state index in [4.69, 9.17) is 11.6 Å². The van der Waals surface area contributed by atoms with E-state index in [2.05, 4.69) is 15.8 Å². The molecule has 3 amide bonds. The second-order valence-electron chi connectivity index (χ2n) is 6.80. The maximum atomic E-state index is 12.6. The van der Waals surface area contributed by atoms with Crippen molar-refractivity contribution in [2.24, 2.45) is 5.92 Å². The Morgan fingerprint density at radius 2 is 2.00 bits per heavy atom. The fourth-order valence-corrected chi connectivity index (χ4v) is 3.63. The third-order valence-electron chi connectivity index (χ3n) is 4.83. The third kappa shape index (κ3) is 3.66. The number of pyridine rings is 1. The van der Waals surface area contributed by atoms with Gasteiger partial charge in [-0.1, -0.05) is 23.7 Å². The normalized spacial score (nSPS) is 16.3. The van der Waals surface area contributed by atoms with Crippen molar-refractivity contribution in [1.82, 2.24) is 20.2 Å². The molecule has 1 aromatic carbocycles. The molecule has 3 aromatic rings. The number of hydrogen-bond acceptors (Lipinski definition) is 4. The van der Waals surface area contributed by atoms with Crippen molar-refractivity contribution in [1.29, 1.82) is 0 Å². The first-order valence-corrected chi connectivity index (χ1v) is 9.41. The number of aryl methyl sites for hydroxylation is 1. The number of amides is 3. The van der Waals surface area contributed by atoms with Crippen LogP contribution in [0.4, 0.5) is 5.69 Å². The highest BCUT2D eigenvalue weighted by Gasteiger charge is 2.35. The molecule has 0 spiro atoms. The lowest BCUT2D eigenvalue weighted by Gasteiger charge is -2.17. The van der Waals surface area contributed by atoms with E-state index in [0.29, 0.717) is 27.7 Å². The second-order valence-corrected chi connectivity index (χ2v) is 7.24. The molecule has 1 atom stereocenters.